The van der Waals surface area contributed by atoms with Crippen molar-refractivity contribution in [2.45, 2.75) is 18.7 Å². The Morgan fingerprint density at radius 3 is 2.42 bits per heavy atom. The lowest BCUT2D eigenvalue weighted by Crippen LogP contribution is -2.27. The average molecular weight is 386 g/mol. The van der Waals surface area contributed by atoms with Gasteiger partial charge in [0.15, 0.2) is 17.5 Å². The fraction of sp³-hybridized carbons (Fsp3) is 0.235. The summed E-state index contributed by atoms with van der Waals surface area (Å²) in [5.74, 6) is -5.41. The SMILES string of the molecule is CC(C)CNS(=O)(=O)c1cccc(C(=O)Nc2ccc(F)c(F)c2F)c1. The van der Waals surface area contributed by atoms with E-state index >= 15 is 0 Å². The Morgan fingerprint density at radius 1 is 1.08 bits per heavy atom. The molecular weight excluding hydrogens is 369 g/mol. The molecule has 2 aromatic rings. The van der Waals surface area contributed by atoms with Gasteiger partial charge >= 0.3 is 0 Å². The quantitative estimate of drug-likeness (QED) is 0.748. The zero-order valence-corrected chi connectivity index (χ0v) is 14.8. The molecule has 2 N–H and O–H groups in total. The van der Waals surface area contributed by atoms with Gasteiger partial charge in [0.05, 0.1) is 10.6 Å². The number of rotatable bonds is 6. The molecule has 26 heavy (non-hydrogen) atoms. The van der Waals surface area contributed by atoms with E-state index in [1.165, 1.54) is 18.2 Å². The molecule has 0 aliphatic carbocycles. The first-order chi connectivity index (χ1) is 12.1. The number of carbonyl (C=O) groups excluding carboxylic acids is 1. The van der Waals surface area contributed by atoms with Gasteiger partial charge in [-0.15, -0.1) is 0 Å². The van der Waals surface area contributed by atoms with Gasteiger partial charge < -0.3 is 5.32 Å². The van der Waals surface area contributed by atoms with Crippen LogP contribution in [0.15, 0.2) is 41.3 Å². The molecule has 2 aromatic carbocycles. The topological polar surface area (TPSA) is 75.3 Å². The van der Waals surface area contributed by atoms with Gasteiger partial charge in [-0.2, -0.15) is 0 Å². The van der Waals surface area contributed by atoms with Crippen molar-refractivity contribution in [2.75, 3.05) is 11.9 Å². The smallest absolute Gasteiger partial charge is 0.255 e. The minimum atomic E-state index is -3.82. The fourth-order valence-corrected chi connectivity index (χ4v) is 3.24. The predicted molar refractivity (Wildman–Crippen MR) is 90.7 cm³/mol. The van der Waals surface area contributed by atoms with Crippen molar-refractivity contribution in [3.05, 3.63) is 59.4 Å². The van der Waals surface area contributed by atoms with Gasteiger partial charge in [0.1, 0.15) is 0 Å². The molecule has 0 aliphatic rings. The van der Waals surface area contributed by atoms with E-state index in [2.05, 4.69) is 10.0 Å². The Balaban J connectivity index is 2.25. The van der Waals surface area contributed by atoms with Crippen molar-refractivity contribution < 1.29 is 26.4 Å². The number of hydrogen-bond acceptors (Lipinski definition) is 3. The highest BCUT2D eigenvalue weighted by Gasteiger charge is 2.19. The van der Waals surface area contributed by atoms with Crippen molar-refractivity contribution in [3.8, 4) is 0 Å². The molecule has 1 amide bonds. The van der Waals surface area contributed by atoms with Crippen LogP contribution < -0.4 is 10.0 Å². The first-order valence-corrected chi connectivity index (χ1v) is 9.14. The van der Waals surface area contributed by atoms with Crippen molar-refractivity contribution in [3.63, 3.8) is 0 Å². The number of benzene rings is 2. The van der Waals surface area contributed by atoms with E-state index in [4.69, 9.17) is 0 Å². The molecule has 0 heterocycles. The lowest BCUT2D eigenvalue weighted by Gasteiger charge is -2.11. The number of halogens is 3. The molecule has 0 radical (unpaired) electrons. The first kappa shape index (κ1) is 19.9. The van der Waals surface area contributed by atoms with E-state index in [9.17, 15) is 26.4 Å². The minimum Gasteiger partial charge on any atom is -0.319 e. The standard InChI is InChI=1S/C17H17F3N2O3S/c1-10(2)9-21-26(24,25)12-5-3-4-11(8-12)17(23)22-14-7-6-13(18)15(19)16(14)20/h3-8,10,21H,9H2,1-2H3,(H,22,23). The Bertz CT molecular complexity index is 931. The molecular formula is C17H17F3N2O3S. The van der Waals surface area contributed by atoms with Crippen molar-refractivity contribution >= 4 is 21.6 Å². The number of hydrogen-bond donors (Lipinski definition) is 2. The summed E-state index contributed by atoms with van der Waals surface area (Å²) < 4.78 is 66.6. The second-order valence-corrected chi connectivity index (χ2v) is 7.72. The van der Waals surface area contributed by atoms with E-state index in [0.29, 0.717) is 6.07 Å². The number of amides is 1. The van der Waals surface area contributed by atoms with E-state index < -0.39 is 39.1 Å². The molecule has 5 nitrogen and oxygen atoms in total. The van der Waals surface area contributed by atoms with Gasteiger partial charge in [-0.25, -0.2) is 26.3 Å². The maximum atomic E-state index is 13.6. The van der Waals surface area contributed by atoms with Crippen LogP contribution in [0.25, 0.3) is 0 Å². The molecule has 140 valence electrons. The third kappa shape index (κ3) is 4.61. The molecule has 0 aliphatic heterocycles. The molecule has 2 rings (SSSR count). The second-order valence-electron chi connectivity index (χ2n) is 5.95. The molecule has 0 saturated carbocycles. The highest BCUT2D eigenvalue weighted by molar-refractivity contribution is 7.89. The maximum Gasteiger partial charge on any atom is 0.255 e. The number of nitrogens with one attached hydrogen (secondary N) is 2. The number of carbonyl (C=O) groups is 1. The van der Waals surface area contributed by atoms with E-state index in [-0.39, 0.29) is 22.9 Å². The van der Waals surface area contributed by atoms with E-state index in [1.54, 1.807) is 0 Å². The molecule has 0 atom stereocenters. The van der Waals surface area contributed by atoms with Crippen LogP contribution in [0, 0.1) is 23.4 Å². The van der Waals surface area contributed by atoms with E-state index in [1.807, 2.05) is 13.8 Å². The van der Waals surface area contributed by atoms with Crippen LogP contribution in [0.3, 0.4) is 0 Å². The van der Waals surface area contributed by atoms with Crippen LogP contribution in [0.4, 0.5) is 18.9 Å². The summed E-state index contributed by atoms with van der Waals surface area (Å²) in [4.78, 5) is 12.1. The third-order valence-electron chi connectivity index (χ3n) is 3.37. The summed E-state index contributed by atoms with van der Waals surface area (Å²) in [5.41, 5.74) is -0.637. The molecule has 0 spiro atoms. The zero-order chi connectivity index (χ0) is 19.5. The van der Waals surface area contributed by atoms with Gasteiger partial charge in [-0.1, -0.05) is 19.9 Å². The monoisotopic (exact) mass is 386 g/mol. The van der Waals surface area contributed by atoms with Gasteiger partial charge in [-0.3, -0.25) is 4.79 Å². The molecule has 0 unspecified atom stereocenters. The Morgan fingerprint density at radius 2 is 1.77 bits per heavy atom. The minimum absolute atomic E-state index is 0.0819. The number of anilines is 1. The molecule has 0 bridgehead atoms. The third-order valence-corrected chi connectivity index (χ3v) is 4.79. The van der Waals surface area contributed by atoms with Gasteiger partial charge in [0.2, 0.25) is 10.0 Å². The highest BCUT2D eigenvalue weighted by atomic mass is 32.2. The predicted octanol–water partition coefficient (Wildman–Crippen LogP) is 3.29. The lowest BCUT2D eigenvalue weighted by molar-refractivity contribution is 0.102. The van der Waals surface area contributed by atoms with Crippen molar-refractivity contribution in [2.24, 2.45) is 5.92 Å². The van der Waals surface area contributed by atoms with Crippen LogP contribution in [-0.4, -0.2) is 20.9 Å². The van der Waals surface area contributed by atoms with Gasteiger partial charge in [-0.05, 0) is 36.2 Å². The lowest BCUT2D eigenvalue weighted by atomic mass is 10.2. The van der Waals surface area contributed by atoms with Crippen LogP contribution in [-0.2, 0) is 10.0 Å². The largest absolute Gasteiger partial charge is 0.319 e. The van der Waals surface area contributed by atoms with Crippen LogP contribution in [0.5, 0.6) is 0 Å². The molecule has 9 heteroatoms. The summed E-state index contributed by atoms with van der Waals surface area (Å²) in [6.07, 6.45) is 0. The Labute approximate surface area is 149 Å². The van der Waals surface area contributed by atoms with E-state index in [0.717, 1.165) is 12.1 Å². The number of sulfonamides is 1. The fourth-order valence-electron chi connectivity index (χ4n) is 1.98. The summed E-state index contributed by atoms with van der Waals surface area (Å²) in [5, 5.41) is 2.09. The van der Waals surface area contributed by atoms with Crippen LogP contribution >= 0.6 is 0 Å². The molecule has 0 aromatic heterocycles. The van der Waals surface area contributed by atoms with Crippen molar-refractivity contribution in [1.82, 2.24) is 4.72 Å². The second kappa shape index (κ2) is 7.88. The summed E-state index contributed by atoms with van der Waals surface area (Å²) in [7, 11) is -3.82. The summed E-state index contributed by atoms with van der Waals surface area (Å²) >= 11 is 0. The Kier molecular flexibility index (Phi) is 6.04. The normalized spacial score (nSPS) is 11.6. The Hall–Kier alpha value is -2.39. The summed E-state index contributed by atoms with van der Waals surface area (Å²) in [6.45, 7) is 3.89. The molecule has 0 fully saturated rings. The van der Waals surface area contributed by atoms with Crippen molar-refractivity contribution in [1.29, 1.82) is 0 Å². The first-order valence-electron chi connectivity index (χ1n) is 7.66. The van der Waals surface area contributed by atoms with Gasteiger partial charge in [0.25, 0.3) is 5.91 Å². The summed E-state index contributed by atoms with van der Waals surface area (Å²) in [6, 6.07) is 6.61. The molecule has 0 saturated heterocycles. The highest BCUT2D eigenvalue weighted by Crippen LogP contribution is 2.21. The zero-order valence-electron chi connectivity index (χ0n) is 14.0. The van der Waals surface area contributed by atoms with Crippen LogP contribution in [0.2, 0.25) is 0 Å². The maximum absolute atomic E-state index is 13.6. The van der Waals surface area contributed by atoms with Gasteiger partial charge in [0, 0.05) is 12.1 Å². The average Bonchev–Trinajstić information content (AvgIpc) is 2.60. The van der Waals surface area contributed by atoms with Crippen LogP contribution in [0.1, 0.15) is 24.2 Å².